The molecular weight excluding hydrogens is 312 g/mol. The Balaban J connectivity index is 1.42. The van der Waals surface area contributed by atoms with Crippen LogP contribution in [-0.2, 0) is 6.54 Å². The average Bonchev–Trinajstić information content (AvgIpc) is 3.18. The van der Waals surface area contributed by atoms with Gasteiger partial charge in [-0.25, -0.2) is 4.98 Å². The molecule has 0 spiro atoms. The van der Waals surface area contributed by atoms with E-state index >= 15 is 0 Å². The molecule has 0 unspecified atom stereocenters. The Bertz CT molecular complexity index is 819. The molecule has 3 aromatic rings. The predicted molar refractivity (Wildman–Crippen MR) is 88.7 cm³/mol. The van der Waals surface area contributed by atoms with Crippen LogP contribution in [-0.4, -0.2) is 38.5 Å². The van der Waals surface area contributed by atoms with Crippen LogP contribution in [0.15, 0.2) is 49.1 Å². The molecule has 1 saturated heterocycles. The van der Waals surface area contributed by atoms with Crippen molar-refractivity contribution in [3.05, 3.63) is 59.8 Å². The van der Waals surface area contributed by atoms with Crippen molar-refractivity contribution in [2.24, 2.45) is 0 Å². The van der Waals surface area contributed by atoms with Gasteiger partial charge in [0.1, 0.15) is 11.9 Å². The highest BCUT2D eigenvalue weighted by molar-refractivity contribution is 6.32. The standard InChI is InChI=1S/C17H17ClN4O/c18-15-3-1-2-4-16(15)23-14-5-7-21(12-14)11-13-9-20-17-10-19-6-8-22(13)17/h1-4,6,8-10,14H,5,7,11-12H2/t14-/m0/s1. The Labute approximate surface area is 139 Å². The Morgan fingerprint density at radius 1 is 1.26 bits per heavy atom. The van der Waals surface area contributed by atoms with Crippen LogP contribution < -0.4 is 4.74 Å². The molecule has 23 heavy (non-hydrogen) atoms. The number of aromatic nitrogens is 3. The zero-order valence-electron chi connectivity index (χ0n) is 12.6. The lowest BCUT2D eigenvalue weighted by atomic mass is 10.3. The number of likely N-dealkylation sites (tertiary alicyclic amines) is 1. The number of halogens is 1. The van der Waals surface area contributed by atoms with Gasteiger partial charge in [0.25, 0.3) is 0 Å². The molecule has 2 aromatic heterocycles. The second kappa shape index (κ2) is 6.18. The molecule has 5 nitrogen and oxygen atoms in total. The van der Waals surface area contributed by atoms with Crippen LogP contribution in [0.2, 0.25) is 5.02 Å². The summed E-state index contributed by atoms with van der Waals surface area (Å²) in [5, 5.41) is 0.667. The van der Waals surface area contributed by atoms with Gasteiger partial charge in [0.05, 0.1) is 23.1 Å². The number of hydrogen-bond acceptors (Lipinski definition) is 4. The molecule has 0 amide bonds. The fraction of sp³-hybridized carbons (Fsp3) is 0.294. The summed E-state index contributed by atoms with van der Waals surface area (Å²) in [6.45, 7) is 2.75. The van der Waals surface area contributed by atoms with Crippen molar-refractivity contribution in [3.63, 3.8) is 0 Å². The van der Waals surface area contributed by atoms with Crippen LogP contribution in [0.1, 0.15) is 12.1 Å². The van der Waals surface area contributed by atoms with Crippen LogP contribution in [0, 0.1) is 0 Å². The van der Waals surface area contributed by atoms with Gasteiger partial charge in [-0.3, -0.25) is 14.3 Å². The molecule has 1 aromatic carbocycles. The highest BCUT2D eigenvalue weighted by atomic mass is 35.5. The first-order valence-corrected chi connectivity index (χ1v) is 8.07. The smallest absolute Gasteiger partial charge is 0.155 e. The van der Waals surface area contributed by atoms with E-state index in [0.29, 0.717) is 5.02 Å². The van der Waals surface area contributed by atoms with E-state index in [1.54, 1.807) is 12.4 Å². The molecule has 4 rings (SSSR count). The van der Waals surface area contributed by atoms with Gasteiger partial charge < -0.3 is 4.74 Å². The van der Waals surface area contributed by atoms with Gasteiger partial charge in [-0.1, -0.05) is 23.7 Å². The topological polar surface area (TPSA) is 42.7 Å². The molecule has 0 saturated carbocycles. The fourth-order valence-electron chi connectivity index (χ4n) is 3.00. The van der Waals surface area contributed by atoms with Crippen LogP contribution in [0.5, 0.6) is 5.75 Å². The number of hydrogen-bond donors (Lipinski definition) is 0. The second-order valence-corrected chi connectivity index (χ2v) is 6.16. The zero-order valence-corrected chi connectivity index (χ0v) is 13.4. The van der Waals surface area contributed by atoms with Crippen LogP contribution >= 0.6 is 11.6 Å². The molecule has 0 radical (unpaired) electrons. The molecule has 1 aliphatic rings. The minimum absolute atomic E-state index is 0.177. The number of imidazole rings is 1. The largest absolute Gasteiger partial charge is 0.487 e. The summed E-state index contributed by atoms with van der Waals surface area (Å²) >= 11 is 6.16. The first kappa shape index (κ1) is 14.5. The van der Waals surface area contributed by atoms with E-state index in [0.717, 1.165) is 37.5 Å². The lowest BCUT2D eigenvalue weighted by Gasteiger charge is -2.17. The van der Waals surface area contributed by atoms with E-state index < -0.39 is 0 Å². The minimum atomic E-state index is 0.177. The number of benzene rings is 1. The molecule has 1 atom stereocenters. The molecule has 118 valence electrons. The Morgan fingerprint density at radius 2 is 2.17 bits per heavy atom. The first-order chi connectivity index (χ1) is 11.3. The third-order valence-corrected chi connectivity index (χ3v) is 4.45. The SMILES string of the molecule is Clc1ccccc1O[C@H]1CCN(Cc2cnc3cnccn23)C1. The molecule has 1 aliphatic heterocycles. The monoisotopic (exact) mass is 328 g/mol. The summed E-state index contributed by atoms with van der Waals surface area (Å²) in [7, 11) is 0. The average molecular weight is 329 g/mol. The van der Waals surface area contributed by atoms with Gasteiger partial charge in [0.2, 0.25) is 0 Å². The molecule has 1 fully saturated rings. The zero-order chi connectivity index (χ0) is 15.6. The fourth-order valence-corrected chi connectivity index (χ4v) is 3.18. The Hall–Kier alpha value is -2.11. The van der Waals surface area contributed by atoms with E-state index in [4.69, 9.17) is 16.3 Å². The number of rotatable bonds is 4. The molecule has 3 heterocycles. The van der Waals surface area contributed by atoms with Gasteiger partial charge >= 0.3 is 0 Å². The summed E-state index contributed by atoms with van der Waals surface area (Å²) < 4.78 is 8.12. The lowest BCUT2D eigenvalue weighted by Crippen LogP contribution is -2.25. The first-order valence-electron chi connectivity index (χ1n) is 7.69. The summed E-state index contributed by atoms with van der Waals surface area (Å²) in [5.41, 5.74) is 2.05. The summed E-state index contributed by atoms with van der Waals surface area (Å²) in [6.07, 6.45) is 8.60. The van der Waals surface area contributed by atoms with Crippen molar-refractivity contribution in [1.82, 2.24) is 19.3 Å². The predicted octanol–water partition coefficient (Wildman–Crippen LogP) is 3.04. The number of para-hydroxylation sites is 1. The highest BCUT2D eigenvalue weighted by Crippen LogP contribution is 2.26. The Morgan fingerprint density at radius 3 is 3.09 bits per heavy atom. The van der Waals surface area contributed by atoms with Crippen molar-refractivity contribution in [2.75, 3.05) is 13.1 Å². The molecule has 0 bridgehead atoms. The number of fused-ring (bicyclic) bond motifs is 1. The quantitative estimate of drug-likeness (QED) is 0.738. The highest BCUT2D eigenvalue weighted by Gasteiger charge is 2.25. The maximum absolute atomic E-state index is 6.16. The molecule has 0 aliphatic carbocycles. The molecule has 0 N–H and O–H groups in total. The van der Waals surface area contributed by atoms with Crippen LogP contribution in [0.25, 0.3) is 5.65 Å². The third kappa shape index (κ3) is 3.02. The summed E-state index contributed by atoms with van der Waals surface area (Å²) in [6, 6.07) is 7.63. The summed E-state index contributed by atoms with van der Waals surface area (Å²) in [4.78, 5) is 10.9. The second-order valence-electron chi connectivity index (χ2n) is 5.75. The van der Waals surface area contributed by atoms with E-state index in [1.165, 1.54) is 5.69 Å². The van der Waals surface area contributed by atoms with E-state index in [9.17, 15) is 0 Å². The normalized spacial score (nSPS) is 18.6. The van der Waals surface area contributed by atoms with Crippen molar-refractivity contribution < 1.29 is 4.74 Å². The molecule has 6 heteroatoms. The lowest BCUT2D eigenvalue weighted by molar-refractivity contribution is 0.198. The molecular formula is C17H17ClN4O. The van der Waals surface area contributed by atoms with Gasteiger partial charge in [0, 0.05) is 32.0 Å². The third-order valence-electron chi connectivity index (χ3n) is 4.14. The number of nitrogens with zero attached hydrogens (tertiary/aromatic N) is 4. The Kier molecular flexibility index (Phi) is 3.89. The van der Waals surface area contributed by atoms with E-state index in [1.807, 2.05) is 36.7 Å². The summed E-state index contributed by atoms with van der Waals surface area (Å²) in [5.74, 6) is 0.766. The van der Waals surface area contributed by atoms with Gasteiger partial charge in [-0.2, -0.15) is 0 Å². The van der Waals surface area contributed by atoms with Crippen molar-refractivity contribution in [2.45, 2.75) is 19.1 Å². The van der Waals surface area contributed by atoms with E-state index in [-0.39, 0.29) is 6.10 Å². The van der Waals surface area contributed by atoms with E-state index in [2.05, 4.69) is 19.3 Å². The van der Waals surface area contributed by atoms with Gasteiger partial charge in [0.15, 0.2) is 5.65 Å². The van der Waals surface area contributed by atoms with Crippen molar-refractivity contribution in [1.29, 1.82) is 0 Å². The maximum Gasteiger partial charge on any atom is 0.155 e. The van der Waals surface area contributed by atoms with Crippen molar-refractivity contribution in [3.8, 4) is 5.75 Å². The van der Waals surface area contributed by atoms with Crippen LogP contribution in [0.3, 0.4) is 0 Å². The van der Waals surface area contributed by atoms with Gasteiger partial charge in [-0.05, 0) is 18.6 Å². The maximum atomic E-state index is 6.16. The van der Waals surface area contributed by atoms with Crippen molar-refractivity contribution >= 4 is 17.2 Å². The minimum Gasteiger partial charge on any atom is -0.487 e. The number of ether oxygens (including phenoxy) is 1. The van der Waals surface area contributed by atoms with Crippen LogP contribution in [0.4, 0.5) is 0 Å². The van der Waals surface area contributed by atoms with Gasteiger partial charge in [-0.15, -0.1) is 0 Å².